The van der Waals surface area contributed by atoms with Crippen LogP contribution in [0.5, 0.6) is 0 Å². The molecule has 0 unspecified atom stereocenters. The van der Waals surface area contributed by atoms with E-state index in [1.807, 2.05) is 65.6 Å². The van der Waals surface area contributed by atoms with Gasteiger partial charge in [0.15, 0.2) is 5.16 Å². The Morgan fingerprint density at radius 2 is 1.40 bits per heavy atom. The third-order valence-corrected chi connectivity index (χ3v) is 5.64. The zero-order chi connectivity index (χ0) is 20.6. The average molecular weight is 415 g/mol. The molecule has 0 aliphatic carbocycles. The smallest absolute Gasteiger partial charge is 0.254 e. The van der Waals surface area contributed by atoms with Gasteiger partial charge in [0.1, 0.15) is 6.33 Å². The first-order chi connectivity index (χ1) is 14.8. The van der Waals surface area contributed by atoms with Gasteiger partial charge in [0.2, 0.25) is 0 Å². The molecule has 0 saturated carbocycles. The summed E-state index contributed by atoms with van der Waals surface area (Å²) in [5.74, 6) is 0.790. The number of rotatable bonds is 8. The van der Waals surface area contributed by atoms with Gasteiger partial charge in [0.05, 0.1) is 0 Å². The minimum atomic E-state index is 0.0251. The fourth-order valence-electron chi connectivity index (χ4n) is 3.15. The van der Waals surface area contributed by atoms with Gasteiger partial charge in [-0.25, -0.2) is 4.98 Å². The summed E-state index contributed by atoms with van der Waals surface area (Å²) in [4.78, 5) is 19.3. The number of aromatic amines is 1. The summed E-state index contributed by atoms with van der Waals surface area (Å²) >= 11 is 1.58. The van der Waals surface area contributed by atoms with E-state index in [9.17, 15) is 4.79 Å². The molecule has 0 saturated heterocycles. The average Bonchev–Trinajstić information content (AvgIpc) is 3.32. The van der Waals surface area contributed by atoms with Crippen molar-refractivity contribution in [2.45, 2.75) is 24.0 Å². The Morgan fingerprint density at radius 3 is 1.93 bits per heavy atom. The topological polar surface area (TPSA) is 61.9 Å². The Hall–Kier alpha value is -3.38. The fourth-order valence-corrected chi connectivity index (χ4v) is 3.88. The van der Waals surface area contributed by atoms with E-state index in [1.165, 1.54) is 6.33 Å². The van der Waals surface area contributed by atoms with E-state index in [0.717, 1.165) is 27.6 Å². The Kier molecular flexibility index (Phi) is 6.57. The summed E-state index contributed by atoms with van der Waals surface area (Å²) in [6, 6.07) is 28.0. The lowest BCUT2D eigenvalue weighted by molar-refractivity contribution is 0.0730. The third-order valence-electron chi connectivity index (χ3n) is 4.69. The van der Waals surface area contributed by atoms with Crippen LogP contribution >= 0.6 is 11.8 Å². The van der Waals surface area contributed by atoms with Crippen LogP contribution in [0.15, 0.2) is 96.4 Å². The van der Waals surface area contributed by atoms with Crippen molar-refractivity contribution in [3.8, 4) is 0 Å². The van der Waals surface area contributed by atoms with E-state index in [-0.39, 0.29) is 5.91 Å². The molecule has 1 N–H and O–H groups in total. The second kappa shape index (κ2) is 9.89. The maximum atomic E-state index is 13.3. The van der Waals surface area contributed by atoms with Crippen LogP contribution < -0.4 is 0 Å². The van der Waals surface area contributed by atoms with Crippen LogP contribution in [0.3, 0.4) is 0 Å². The van der Waals surface area contributed by atoms with Crippen LogP contribution in [0.4, 0.5) is 0 Å². The summed E-state index contributed by atoms with van der Waals surface area (Å²) in [7, 11) is 0. The molecule has 150 valence electrons. The standard InChI is InChI=1S/C24H22N4OS/c29-23(22-13-11-21(12-14-22)17-30-24-25-18-26-27-24)28(15-19-7-3-1-4-8-19)16-20-9-5-2-6-10-20/h1-14,18H,15-17H2,(H,25,26,27). The van der Waals surface area contributed by atoms with Crippen molar-refractivity contribution in [3.63, 3.8) is 0 Å². The zero-order valence-electron chi connectivity index (χ0n) is 16.4. The second-order valence-electron chi connectivity index (χ2n) is 6.91. The minimum absolute atomic E-state index is 0.0251. The molecule has 0 aliphatic rings. The SMILES string of the molecule is O=C(c1ccc(CSc2ncn[nH]2)cc1)N(Cc1ccccc1)Cc1ccccc1. The van der Waals surface area contributed by atoms with Crippen LogP contribution in [0.1, 0.15) is 27.0 Å². The molecule has 1 amide bonds. The molecule has 5 nitrogen and oxygen atoms in total. The molecule has 6 heteroatoms. The Balaban J connectivity index is 1.48. The highest BCUT2D eigenvalue weighted by Gasteiger charge is 2.17. The van der Waals surface area contributed by atoms with E-state index >= 15 is 0 Å². The zero-order valence-corrected chi connectivity index (χ0v) is 17.3. The van der Waals surface area contributed by atoms with Gasteiger partial charge in [-0.05, 0) is 28.8 Å². The van der Waals surface area contributed by atoms with E-state index in [2.05, 4.69) is 39.4 Å². The Bertz CT molecular complexity index is 1010. The second-order valence-corrected chi connectivity index (χ2v) is 7.87. The maximum absolute atomic E-state index is 13.3. The molecule has 1 aromatic heterocycles. The van der Waals surface area contributed by atoms with Crippen molar-refractivity contribution in [1.82, 2.24) is 20.1 Å². The van der Waals surface area contributed by atoms with Crippen molar-refractivity contribution in [3.05, 3.63) is 114 Å². The molecule has 0 fully saturated rings. The van der Waals surface area contributed by atoms with Gasteiger partial charge in [-0.3, -0.25) is 9.89 Å². The van der Waals surface area contributed by atoms with Crippen molar-refractivity contribution in [1.29, 1.82) is 0 Å². The molecule has 4 aromatic rings. The molecule has 1 heterocycles. The largest absolute Gasteiger partial charge is 0.330 e. The van der Waals surface area contributed by atoms with Crippen LogP contribution in [0.2, 0.25) is 0 Å². The summed E-state index contributed by atoms with van der Waals surface area (Å²) in [5.41, 5.74) is 4.05. The molecule has 0 aliphatic heterocycles. The van der Waals surface area contributed by atoms with E-state index in [0.29, 0.717) is 18.7 Å². The van der Waals surface area contributed by atoms with E-state index in [1.54, 1.807) is 11.8 Å². The van der Waals surface area contributed by atoms with E-state index in [4.69, 9.17) is 0 Å². The first-order valence-electron chi connectivity index (χ1n) is 9.72. The van der Waals surface area contributed by atoms with Gasteiger partial charge in [-0.1, -0.05) is 84.6 Å². The third kappa shape index (κ3) is 5.36. The van der Waals surface area contributed by atoms with Gasteiger partial charge in [-0.15, -0.1) is 0 Å². The number of nitrogens with one attached hydrogen (secondary N) is 1. The predicted octanol–water partition coefficient (Wildman–Crippen LogP) is 4.94. The molecule has 0 radical (unpaired) electrons. The van der Waals surface area contributed by atoms with Crippen molar-refractivity contribution < 1.29 is 4.79 Å². The van der Waals surface area contributed by atoms with E-state index < -0.39 is 0 Å². The summed E-state index contributed by atoms with van der Waals surface area (Å²) < 4.78 is 0. The summed E-state index contributed by atoms with van der Waals surface area (Å²) in [6.07, 6.45) is 1.50. The monoisotopic (exact) mass is 414 g/mol. The van der Waals surface area contributed by atoms with Gasteiger partial charge < -0.3 is 4.90 Å². The lowest BCUT2D eigenvalue weighted by Crippen LogP contribution is -2.30. The number of nitrogens with zero attached hydrogens (tertiary/aromatic N) is 3. The molecule has 0 spiro atoms. The van der Waals surface area contributed by atoms with Crippen LogP contribution in [0.25, 0.3) is 0 Å². The number of amides is 1. The normalized spacial score (nSPS) is 10.7. The molecular weight excluding hydrogens is 392 g/mol. The van der Waals surface area contributed by atoms with Gasteiger partial charge in [0.25, 0.3) is 5.91 Å². The highest BCUT2D eigenvalue weighted by Crippen LogP contribution is 2.20. The van der Waals surface area contributed by atoms with Crippen molar-refractivity contribution in [2.24, 2.45) is 0 Å². The van der Waals surface area contributed by atoms with Crippen LogP contribution in [-0.4, -0.2) is 26.0 Å². The lowest BCUT2D eigenvalue weighted by atomic mass is 10.1. The van der Waals surface area contributed by atoms with Crippen LogP contribution in [0, 0.1) is 0 Å². The summed E-state index contributed by atoms with van der Waals surface area (Å²) in [6.45, 7) is 1.13. The Labute approximate surface area is 180 Å². The lowest BCUT2D eigenvalue weighted by Gasteiger charge is -2.23. The quantitative estimate of drug-likeness (QED) is 0.415. The fraction of sp³-hybridized carbons (Fsp3) is 0.125. The Morgan fingerprint density at radius 1 is 0.800 bits per heavy atom. The van der Waals surface area contributed by atoms with Gasteiger partial charge in [-0.2, -0.15) is 5.10 Å². The number of H-pyrrole nitrogens is 1. The number of thioether (sulfide) groups is 1. The molecule has 0 bridgehead atoms. The number of carbonyl (C=O) groups is 1. The molecule has 30 heavy (non-hydrogen) atoms. The molecule has 4 rings (SSSR count). The van der Waals surface area contributed by atoms with Crippen molar-refractivity contribution in [2.75, 3.05) is 0 Å². The maximum Gasteiger partial charge on any atom is 0.254 e. The number of hydrogen-bond donors (Lipinski definition) is 1. The number of carbonyl (C=O) groups excluding carboxylic acids is 1. The number of benzene rings is 3. The van der Waals surface area contributed by atoms with Crippen molar-refractivity contribution >= 4 is 17.7 Å². The predicted molar refractivity (Wildman–Crippen MR) is 119 cm³/mol. The molecule has 0 atom stereocenters. The minimum Gasteiger partial charge on any atom is -0.330 e. The molecule has 3 aromatic carbocycles. The molecular formula is C24H22N4OS. The number of hydrogen-bond acceptors (Lipinski definition) is 4. The first-order valence-corrected chi connectivity index (χ1v) is 10.7. The highest BCUT2D eigenvalue weighted by molar-refractivity contribution is 7.98. The first kappa shape index (κ1) is 19.9. The van der Waals surface area contributed by atoms with Gasteiger partial charge >= 0.3 is 0 Å². The number of aromatic nitrogens is 3. The summed E-state index contributed by atoms with van der Waals surface area (Å²) in [5, 5.41) is 7.48. The highest BCUT2D eigenvalue weighted by atomic mass is 32.2. The van der Waals surface area contributed by atoms with Crippen LogP contribution in [-0.2, 0) is 18.8 Å². The van der Waals surface area contributed by atoms with Gasteiger partial charge in [0, 0.05) is 24.4 Å².